The van der Waals surface area contributed by atoms with E-state index in [1.54, 1.807) is 39.3 Å². The predicted molar refractivity (Wildman–Crippen MR) is 141 cm³/mol. The van der Waals surface area contributed by atoms with E-state index in [1.165, 1.54) is 13.1 Å². The highest BCUT2D eigenvalue weighted by Crippen LogP contribution is 2.26. The highest BCUT2D eigenvalue weighted by Gasteiger charge is 2.43. The third kappa shape index (κ3) is 6.51. The van der Waals surface area contributed by atoms with Crippen molar-refractivity contribution < 1.29 is 33.1 Å². The number of ether oxygens (including phenoxy) is 1. The van der Waals surface area contributed by atoms with Crippen molar-refractivity contribution in [3.63, 3.8) is 0 Å². The Hall–Kier alpha value is -4.91. The predicted octanol–water partition coefficient (Wildman–Crippen LogP) is 1.21. The summed E-state index contributed by atoms with van der Waals surface area (Å²) in [5.41, 5.74) is 7.96. The molecule has 2 heterocycles. The van der Waals surface area contributed by atoms with Crippen LogP contribution in [0, 0.1) is 13.8 Å². The molecule has 0 spiro atoms. The van der Waals surface area contributed by atoms with Crippen molar-refractivity contribution in [1.82, 2.24) is 26.6 Å². The second kappa shape index (κ2) is 11.6. The van der Waals surface area contributed by atoms with Crippen LogP contribution in [0.5, 0.6) is 5.75 Å². The smallest absolute Gasteiger partial charge is 0.323 e. The number of amides is 7. The van der Waals surface area contributed by atoms with Crippen LogP contribution in [0.1, 0.15) is 37.6 Å². The molecule has 2 aromatic carbocycles. The third-order valence-electron chi connectivity index (χ3n) is 6.01. The number of fused-ring (bicyclic) bond motifs is 1. The molecule has 1 aromatic heterocycles. The van der Waals surface area contributed by atoms with Gasteiger partial charge in [0.2, 0.25) is 0 Å². The number of carbonyl (C=O) groups excluding carboxylic acids is 5. The lowest BCUT2D eigenvalue weighted by atomic mass is 9.95. The molecule has 13 heteroatoms. The number of carbonyl (C=O) groups is 5. The number of nitrogens with two attached hydrogens (primary N) is 1. The van der Waals surface area contributed by atoms with Crippen molar-refractivity contribution in [2.75, 3.05) is 21.2 Å². The molecular formula is C26H30N6O7. The quantitative estimate of drug-likeness (QED) is 0.261. The Morgan fingerprint density at radius 2 is 1.72 bits per heavy atom. The Kier molecular flexibility index (Phi) is 8.56. The van der Waals surface area contributed by atoms with E-state index in [1.807, 2.05) is 19.1 Å². The zero-order valence-corrected chi connectivity index (χ0v) is 22.1. The maximum absolute atomic E-state index is 12.0. The van der Waals surface area contributed by atoms with E-state index in [0.717, 1.165) is 11.1 Å². The maximum atomic E-state index is 12.0. The second-order valence-electron chi connectivity index (χ2n) is 8.78. The van der Waals surface area contributed by atoms with Crippen molar-refractivity contribution in [1.29, 1.82) is 0 Å². The van der Waals surface area contributed by atoms with Gasteiger partial charge in [-0.05, 0) is 60.9 Å². The van der Waals surface area contributed by atoms with Crippen LogP contribution in [0.3, 0.4) is 0 Å². The molecular weight excluding hydrogens is 508 g/mol. The lowest BCUT2D eigenvalue weighted by molar-refractivity contribution is -0.123. The molecule has 0 saturated carbocycles. The topological polar surface area (TPSA) is 194 Å². The van der Waals surface area contributed by atoms with Crippen LogP contribution < -0.4 is 37.1 Å². The van der Waals surface area contributed by atoms with Crippen LogP contribution in [0.25, 0.3) is 11.0 Å². The number of nitrogens with one attached hydrogen (secondary N) is 5. The molecule has 1 atom stereocenters. The number of furan rings is 1. The lowest BCUT2D eigenvalue weighted by Gasteiger charge is -2.21. The summed E-state index contributed by atoms with van der Waals surface area (Å²) >= 11 is 0. The summed E-state index contributed by atoms with van der Waals surface area (Å²) in [6.45, 7) is 3.68. The van der Waals surface area contributed by atoms with E-state index in [4.69, 9.17) is 14.9 Å². The van der Waals surface area contributed by atoms with Gasteiger partial charge in [0.15, 0.2) is 11.4 Å². The molecule has 39 heavy (non-hydrogen) atoms. The van der Waals surface area contributed by atoms with Crippen LogP contribution >= 0.6 is 0 Å². The molecule has 1 aliphatic rings. The molecule has 1 aliphatic heterocycles. The first-order chi connectivity index (χ1) is 18.4. The summed E-state index contributed by atoms with van der Waals surface area (Å²) < 4.78 is 10.5. The average Bonchev–Trinajstić information content (AvgIpc) is 3.42. The van der Waals surface area contributed by atoms with Crippen molar-refractivity contribution >= 4 is 40.8 Å². The van der Waals surface area contributed by atoms with Gasteiger partial charge in [0.25, 0.3) is 17.7 Å². The highest BCUT2D eigenvalue weighted by molar-refractivity contribution is 6.07. The average molecular weight is 539 g/mol. The highest BCUT2D eigenvalue weighted by atomic mass is 16.5. The van der Waals surface area contributed by atoms with Gasteiger partial charge < -0.3 is 30.8 Å². The molecule has 0 aliphatic carbocycles. The van der Waals surface area contributed by atoms with Gasteiger partial charge in [0, 0.05) is 31.5 Å². The Morgan fingerprint density at radius 1 is 1.00 bits per heavy atom. The zero-order valence-electron chi connectivity index (χ0n) is 22.1. The fourth-order valence-electron chi connectivity index (χ4n) is 3.80. The SMILES string of the molecule is CNC(=O)NC(=O)c1cc2cc(CC3(N)NC(=O)NC3=O)c(C)cc2o1.CNC(=O)c1cc(OC)ccc1C. The first kappa shape index (κ1) is 28.7. The fourth-order valence-corrected chi connectivity index (χ4v) is 3.80. The van der Waals surface area contributed by atoms with Gasteiger partial charge in [0.1, 0.15) is 11.3 Å². The Morgan fingerprint density at radius 3 is 2.31 bits per heavy atom. The fraction of sp³-hybridized carbons (Fsp3) is 0.269. The molecule has 1 unspecified atom stereocenters. The van der Waals surface area contributed by atoms with Crippen LogP contribution in [-0.2, 0) is 11.2 Å². The van der Waals surface area contributed by atoms with Crippen LogP contribution in [0.15, 0.2) is 40.8 Å². The van der Waals surface area contributed by atoms with Crippen molar-refractivity contribution in [2.24, 2.45) is 5.73 Å². The van der Waals surface area contributed by atoms with Gasteiger partial charge in [-0.15, -0.1) is 0 Å². The van der Waals surface area contributed by atoms with Crippen LogP contribution in [-0.4, -0.2) is 56.7 Å². The first-order valence-corrected chi connectivity index (χ1v) is 11.8. The summed E-state index contributed by atoms with van der Waals surface area (Å²) in [7, 11) is 4.58. The Bertz CT molecular complexity index is 1460. The molecule has 0 radical (unpaired) electrons. The molecule has 7 amide bonds. The van der Waals surface area contributed by atoms with Crippen molar-refractivity contribution in [3.8, 4) is 5.75 Å². The molecule has 13 nitrogen and oxygen atoms in total. The first-order valence-electron chi connectivity index (χ1n) is 11.8. The van der Waals surface area contributed by atoms with E-state index in [0.29, 0.717) is 27.8 Å². The molecule has 7 N–H and O–H groups in total. The van der Waals surface area contributed by atoms with Gasteiger partial charge in [-0.1, -0.05) is 6.07 Å². The Labute approximate surface area is 223 Å². The van der Waals surface area contributed by atoms with Gasteiger partial charge >= 0.3 is 12.1 Å². The number of hydrogen-bond acceptors (Lipinski definition) is 8. The summed E-state index contributed by atoms with van der Waals surface area (Å²) in [6.07, 6.45) is 0.0668. The van der Waals surface area contributed by atoms with E-state index in [9.17, 15) is 24.0 Å². The van der Waals surface area contributed by atoms with Crippen LogP contribution in [0.4, 0.5) is 9.59 Å². The maximum Gasteiger partial charge on any atom is 0.323 e. The minimum Gasteiger partial charge on any atom is -0.497 e. The molecule has 1 fully saturated rings. The number of rotatable bonds is 5. The Balaban J connectivity index is 0.000000272. The summed E-state index contributed by atoms with van der Waals surface area (Å²) in [6, 6.07) is 9.02. The van der Waals surface area contributed by atoms with Gasteiger partial charge in [0.05, 0.1) is 7.11 Å². The van der Waals surface area contributed by atoms with Gasteiger partial charge in [-0.2, -0.15) is 0 Å². The normalized spacial score (nSPS) is 15.9. The summed E-state index contributed by atoms with van der Waals surface area (Å²) in [5, 5.41) is 12.1. The van der Waals surface area contributed by atoms with Crippen molar-refractivity contribution in [3.05, 3.63) is 64.4 Å². The van der Waals surface area contributed by atoms with Gasteiger partial charge in [-0.3, -0.25) is 25.0 Å². The number of urea groups is 2. The van der Waals surface area contributed by atoms with E-state index < -0.39 is 29.5 Å². The van der Waals surface area contributed by atoms with Crippen molar-refractivity contribution in [2.45, 2.75) is 25.9 Å². The number of methoxy groups -OCH3 is 1. The summed E-state index contributed by atoms with van der Waals surface area (Å²) in [5.74, 6) is -0.715. The number of benzene rings is 2. The lowest BCUT2D eigenvalue weighted by Crippen LogP contribution is -2.57. The van der Waals surface area contributed by atoms with Crippen LogP contribution in [0.2, 0.25) is 0 Å². The number of aryl methyl sites for hydroxylation is 2. The second-order valence-corrected chi connectivity index (χ2v) is 8.78. The molecule has 0 bridgehead atoms. The monoisotopic (exact) mass is 538 g/mol. The van der Waals surface area contributed by atoms with E-state index in [2.05, 4.69) is 26.6 Å². The molecule has 1 saturated heterocycles. The number of imide groups is 2. The molecule has 4 rings (SSSR count). The summed E-state index contributed by atoms with van der Waals surface area (Å²) in [4.78, 5) is 57.8. The standard InChI is InChI=1S/C16H17N5O5.C10H13NO2/c1-7-3-10-8(5-11(26-10)12(22)19-14(24)18-2)4-9(7)6-16(17)13(23)20-15(25)21-16;1-7-4-5-8(13-3)6-9(7)10(12)11-2/h3-5H,6,17H2,1-2H3,(H2,18,19,22,24)(H2,20,21,23,25);4-6H,1-3H3,(H,11,12). The minimum atomic E-state index is -1.54. The van der Waals surface area contributed by atoms with E-state index >= 15 is 0 Å². The number of hydrogen-bond donors (Lipinski definition) is 6. The molecule has 3 aromatic rings. The third-order valence-corrected chi connectivity index (χ3v) is 6.01. The molecule has 206 valence electrons. The van der Waals surface area contributed by atoms with Gasteiger partial charge in [-0.25, -0.2) is 9.59 Å². The van der Waals surface area contributed by atoms with E-state index in [-0.39, 0.29) is 18.1 Å². The minimum absolute atomic E-state index is 0.0328. The zero-order chi connectivity index (χ0) is 28.9. The largest absolute Gasteiger partial charge is 0.497 e.